The summed E-state index contributed by atoms with van der Waals surface area (Å²) in [7, 11) is 0. The van der Waals surface area contributed by atoms with Crippen molar-refractivity contribution >= 4 is 6.29 Å². The Labute approximate surface area is 89.3 Å². The standard InChI is InChI=1S/C13H15FO/c14-12-6-3-5-10(8-12)13-7-2-1-4-11(13)9-15/h1-2,4,7,9-10,12H,3,5-6,8H2. The minimum atomic E-state index is -0.691. The fraction of sp³-hybridized carbons (Fsp3) is 0.462. The zero-order valence-electron chi connectivity index (χ0n) is 8.66. The van der Waals surface area contributed by atoms with Crippen LogP contribution in [0.25, 0.3) is 0 Å². The minimum absolute atomic E-state index is 0.232. The lowest BCUT2D eigenvalue weighted by atomic mass is 9.81. The van der Waals surface area contributed by atoms with E-state index in [1.807, 2.05) is 24.3 Å². The van der Waals surface area contributed by atoms with Crippen LogP contribution >= 0.6 is 0 Å². The Kier molecular flexibility index (Phi) is 3.14. The Morgan fingerprint density at radius 1 is 1.27 bits per heavy atom. The summed E-state index contributed by atoms with van der Waals surface area (Å²) in [6.45, 7) is 0. The molecule has 0 spiro atoms. The molecule has 0 radical (unpaired) electrons. The summed E-state index contributed by atoms with van der Waals surface area (Å²) in [4.78, 5) is 10.9. The fourth-order valence-electron chi connectivity index (χ4n) is 2.40. The average molecular weight is 206 g/mol. The number of alkyl halides is 1. The molecule has 1 aromatic rings. The topological polar surface area (TPSA) is 17.1 Å². The maximum absolute atomic E-state index is 13.3. The Bertz CT molecular complexity index is 348. The molecule has 0 aromatic heterocycles. The van der Waals surface area contributed by atoms with Gasteiger partial charge in [0.25, 0.3) is 0 Å². The predicted molar refractivity (Wildman–Crippen MR) is 57.9 cm³/mol. The zero-order chi connectivity index (χ0) is 10.7. The van der Waals surface area contributed by atoms with Crippen molar-refractivity contribution in [3.63, 3.8) is 0 Å². The van der Waals surface area contributed by atoms with Crippen molar-refractivity contribution in [2.24, 2.45) is 0 Å². The van der Waals surface area contributed by atoms with Gasteiger partial charge in [0, 0.05) is 5.56 Å². The van der Waals surface area contributed by atoms with E-state index in [-0.39, 0.29) is 5.92 Å². The van der Waals surface area contributed by atoms with Crippen LogP contribution < -0.4 is 0 Å². The van der Waals surface area contributed by atoms with Crippen LogP contribution in [0.3, 0.4) is 0 Å². The van der Waals surface area contributed by atoms with Gasteiger partial charge in [-0.15, -0.1) is 0 Å². The van der Waals surface area contributed by atoms with E-state index in [0.717, 1.165) is 30.3 Å². The Morgan fingerprint density at radius 2 is 2.07 bits per heavy atom. The molecule has 0 heterocycles. The van der Waals surface area contributed by atoms with Gasteiger partial charge < -0.3 is 0 Å². The molecule has 0 saturated heterocycles. The smallest absolute Gasteiger partial charge is 0.150 e. The molecule has 1 fully saturated rings. The molecule has 80 valence electrons. The maximum atomic E-state index is 13.3. The molecule has 2 atom stereocenters. The number of carbonyl (C=O) groups excluding carboxylic acids is 1. The van der Waals surface area contributed by atoms with Crippen LogP contribution in [0.1, 0.15) is 47.5 Å². The van der Waals surface area contributed by atoms with Crippen molar-refractivity contribution in [1.29, 1.82) is 0 Å². The predicted octanol–water partition coefficient (Wildman–Crippen LogP) is 3.49. The van der Waals surface area contributed by atoms with Crippen LogP contribution in [0.5, 0.6) is 0 Å². The summed E-state index contributed by atoms with van der Waals surface area (Å²) in [6.07, 6.45) is 3.37. The molecular formula is C13H15FO. The molecule has 0 amide bonds. The Morgan fingerprint density at radius 3 is 2.80 bits per heavy atom. The molecule has 1 aliphatic carbocycles. The minimum Gasteiger partial charge on any atom is -0.298 e. The summed E-state index contributed by atoms with van der Waals surface area (Å²) in [5.41, 5.74) is 1.74. The number of hydrogen-bond donors (Lipinski definition) is 0. The van der Waals surface area contributed by atoms with E-state index in [4.69, 9.17) is 0 Å². The zero-order valence-corrected chi connectivity index (χ0v) is 8.66. The van der Waals surface area contributed by atoms with Gasteiger partial charge in [-0.2, -0.15) is 0 Å². The quantitative estimate of drug-likeness (QED) is 0.677. The lowest BCUT2D eigenvalue weighted by molar-refractivity contribution is 0.112. The highest BCUT2D eigenvalue weighted by Gasteiger charge is 2.24. The molecule has 2 rings (SSSR count). The molecule has 1 aromatic carbocycles. The fourth-order valence-corrected chi connectivity index (χ4v) is 2.40. The summed E-state index contributed by atoms with van der Waals surface area (Å²) < 4.78 is 13.3. The maximum Gasteiger partial charge on any atom is 0.150 e. The molecule has 0 aliphatic heterocycles. The molecule has 2 unspecified atom stereocenters. The van der Waals surface area contributed by atoms with E-state index in [2.05, 4.69) is 0 Å². The second-order valence-electron chi connectivity index (χ2n) is 4.21. The van der Waals surface area contributed by atoms with Crippen molar-refractivity contribution in [1.82, 2.24) is 0 Å². The first-order valence-electron chi connectivity index (χ1n) is 5.49. The molecule has 1 aliphatic rings. The van der Waals surface area contributed by atoms with Gasteiger partial charge in [-0.3, -0.25) is 4.79 Å². The van der Waals surface area contributed by atoms with Crippen molar-refractivity contribution in [2.75, 3.05) is 0 Å². The van der Waals surface area contributed by atoms with Gasteiger partial charge in [0.2, 0.25) is 0 Å². The van der Waals surface area contributed by atoms with E-state index in [1.54, 1.807) is 0 Å². The van der Waals surface area contributed by atoms with Gasteiger partial charge in [-0.05, 0) is 37.2 Å². The monoisotopic (exact) mass is 206 g/mol. The van der Waals surface area contributed by atoms with Gasteiger partial charge in [0.15, 0.2) is 0 Å². The number of halogens is 1. The molecular weight excluding hydrogens is 191 g/mol. The third-order valence-electron chi connectivity index (χ3n) is 3.17. The van der Waals surface area contributed by atoms with Crippen LogP contribution in [0.4, 0.5) is 4.39 Å². The van der Waals surface area contributed by atoms with Crippen LogP contribution in [-0.4, -0.2) is 12.5 Å². The molecule has 1 saturated carbocycles. The lowest BCUT2D eigenvalue weighted by Gasteiger charge is -2.25. The van der Waals surface area contributed by atoms with Crippen molar-refractivity contribution in [2.45, 2.75) is 37.8 Å². The van der Waals surface area contributed by atoms with Crippen molar-refractivity contribution in [3.8, 4) is 0 Å². The number of aldehydes is 1. The van der Waals surface area contributed by atoms with E-state index < -0.39 is 6.17 Å². The van der Waals surface area contributed by atoms with E-state index in [0.29, 0.717) is 12.8 Å². The SMILES string of the molecule is O=Cc1ccccc1C1CCCC(F)C1. The Balaban J connectivity index is 2.24. The van der Waals surface area contributed by atoms with E-state index in [9.17, 15) is 9.18 Å². The first-order chi connectivity index (χ1) is 7.31. The summed E-state index contributed by atoms with van der Waals surface area (Å²) in [6, 6.07) is 7.53. The third-order valence-corrected chi connectivity index (χ3v) is 3.17. The molecule has 1 nitrogen and oxygen atoms in total. The van der Waals surface area contributed by atoms with Crippen LogP contribution in [-0.2, 0) is 0 Å². The first kappa shape index (κ1) is 10.3. The van der Waals surface area contributed by atoms with E-state index >= 15 is 0 Å². The average Bonchev–Trinajstić information content (AvgIpc) is 2.29. The van der Waals surface area contributed by atoms with Crippen LogP contribution in [0.15, 0.2) is 24.3 Å². The number of benzene rings is 1. The second kappa shape index (κ2) is 4.56. The lowest BCUT2D eigenvalue weighted by Crippen LogP contribution is -2.15. The second-order valence-corrected chi connectivity index (χ2v) is 4.21. The Hall–Kier alpha value is -1.18. The van der Waals surface area contributed by atoms with Gasteiger partial charge in [-0.1, -0.05) is 24.3 Å². The summed E-state index contributed by atoms with van der Waals surface area (Å²) in [5.74, 6) is 0.232. The molecule has 2 heteroatoms. The van der Waals surface area contributed by atoms with Gasteiger partial charge in [0.1, 0.15) is 12.5 Å². The highest BCUT2D eigenvalue weighted by Crippen LogP contribution is 2.35. The molecule has 0 N–H and O–H groups in total. The third kappa shape index (κ3) is 2.25. The summed E-state index contributed by atoms with van der Waals surface area (Å²) >= 11 is 0. The van der Waals surface area contributed by atoms with Crippen LogP contribution in [0.2, 0.25) is 0 Å². The highest BCUT2D eigenvalue weighted by molar-refractivity contribution is 5.77. The normalized spacial score (nSPS) is 26.2. The first-order valence-corrected chi connectivity index (χ1v) is 5.49. The van der Waals surface area contributed by atoms with Gasteiger partial charge in [-0.25, -0.2) is 4.39 Å². The highest BCUT2D eigenvalue weighted by atomic mass is 19.1. The summed E-state index contributed by atoms with van der Waals surface area (Å²) in [5, 5.41) is 0. The number of carbonyl (C=O) groups is 1. The molecule has 0 bridgehead atoms. The van der Waals surface area contributed by atoms with Crippen molar-refractivity contribution in [3.05, 3.63) is 35.4 Å². The largest absolute Gasteiger partial charge is 0.298 e. The number of hydrogen-bond acceptors (Lipinski definition) is 1. The molecule has 15 heavy (non-hydrogen) atoms. The van der Waals surface area contributed by atoms with Crippen LogP contribution in [0, 0.1) is 0 Å². The van der Waals surface area contributed by atoms with E-state index in [1.165, 1.54) is 0 Å². The van der Waals surface area contributed by atoms with Gasteiger partial charge in [0.05, 0.1) is 0 Å². The van der Waals surface area contributed by atoms with Crippen molar-refractivity contribution < 1.29 is 9.18 Å². The number of rotatable bonds is 2. The van der Waals surface area contributed by atoms with Gasteiger partial charge >= 0.3 is 0 Å².